The number of carboxylic acids is 1. The van der Waals surface area contributed by atoms with Gasteiger partial charge in [0.2, 0.25) is 5.91 Å². The smallest absolute Gasteiger partial charge is 0.329 e. The molecule has 0 atom stereocenters. The van der Waals surface area contributed by atoms with Gasteiger partial charge in [0.1, 0.15) is 12.4 Å². The molecule has 0 radical (unpaired) electrons. The second kappa shape index (κ2) is 8.39. The molecule has 0 aliphatic rings. The van der Waals surface area contributed by atoms with Crippen molar-refractivity contribution in [1.29, 1.82) is 0 Å². The quantitative estimate of drug-likeness (QED) is 0.703. The van der Waals surface area contributed by atoms with Gasteiger partial charge in [0, 0.05) is 17.8 Å². The van der Waals surface area contributed by atoms with Crippen molar-refractivity contribution in [2.24, 2.45) is 0 Å². The number of nitrogens with one attached hydrogen (secondary N) is 1. The molecule has 2 aromatic rings. The fraction of sp³-hybridized carbons (Fsp3) is 0.353. The van der Waals surface area contributed by atoms with Gasteiger partial charge in [-0.15, -0.1) is 0 Å². The van der Waals surface area contributed by atoms with E-state index in [9.17, 15) is 14.0 Å². The Hall–Kier alpha value is -2.74. The van der Waals surface area contributed by atoms with Gasteiger partial charge >= 0.3 is 5.97 Å². The van der Waals surface area contributed by atoms with Crippen molar-refractivity contribution in [1.82, 2.24) is 15.1 Å². The molecule has 1 aromatic carbocycles. The maximum Gasteiger partial charge on any atom is 0.329 e. The average molecular weight is 349 g/mol. The summed E-state index contributed by atoms with van der Waals surface area (Å²) in [5.41, 5.74) is 3.05. The van der Waals surface area contributed by atoms with Crippen LogP contribution in [0.2, 0.25) is 0 Å². The highest BCUT2D eigenvalue weighted by atomic mass is 19.1. The van der Waals surface area contributed by atoms with Gasteiger partial charge in [-0.2, -0.15) is 5.10 Å². The molecule has 0 unspecified atom stereocenters. The third kappa shape index (κ3) is 5.12. The lowest BCUT2D eigenvalue weighted by Crippen LogP contribution is -2.29. The summed E-state index contributed by atoms with van der Waals surface area (Å²) >= 11 is 0. The number of carbonyl (C=O) groups excluding carboxylic acids is 1. The summed E-state index contributed by atoms with van der Waals surface area (Å²) in [6, 6.07) is 5.96. The molecule has 0 aliphatic carbocycles. The second-order valence-corrected chi connectivity index (χ2v) is 5.51. The normalized spacial score (nSPS) is 10.7. The van der Waals surface area contributed by atoms with Crippen molar-refractivity contribution in [3.05, 3.63) is 47.0 Å². The van der Waals surface area contributed by atoms with Gasteiger partial charge in [-0.1, -0.05) is 0 Å². The minimum Gasteiger partial charge on any atom is -0.480 e. The number of hydrogen-bond donors (Lipinski definition) is 2. The van der Waals surface area contributed by atoms with Crippen LogP contribution in [0.3, 0.4) is 0 Å². The first-order chi connectivity index (χ1) is 11.9. The van der Waals surface area contributed by atoms with E-state index in [0.717, 1.165) is 22.6 Å². The molecule has 1 amide bonds. The third-order valence-corrected chi connectivity index (χ3v) is 3.64. The highest BCUT2D eigenvalue weighted by Gasteiger charge is 2.15. The van der Waals surface area contributed by atoms with Crippen LogP contribution in [0.15, 0.2) is 24.3 Å². The van der Waals surface area contributed by atoms with E-state index >= 15 is 0 Å². The minimum atomic E-state index is -1.05. The van der Waals surface area contributed by atoms with Crippen LogP contribution in [0, 0.1) is 19.7 Å². The number of aromatic nitrogens is 2. The molecule has 0 aliphatic heterocycles. The van der Waals surface area contributed by atoms with Crippen LogP contribution in [0.5, 0.6) is 0 Å². The highest BCUT2D eigenvalue weighted by molar-refractivity contribution is 5.79. The Labute approximate surface area is 144 Å². The zero-order valence-electron chi connectivity index (χ0n) is 14.1. The Kier molecular flexibility index (Phi) is 6.24. The lowest BCUT2D eigenvalue weighted by Gasteiger charge is -2.07. The maximum absolute atomic E-state index is 13.1. The summed E-state index contributed by atoms with van der Waals surface area (Å²) in [6.07, 6.45) is 0.151. The predicted octanol–water partition coefficient (Wildman–Crippen LogP) is 1.39. The molecule has 2 N–H and O–H groups in total. The highest BCUT2D eigenvalue weighted by Crippen LogP contribution is 2.18. The number of aliphatic carboxylic acids is 1. The molecule has 1 heterocycles. The van der Waals surface area contributed by atoms with Gasteiger partial charge in [-0.05, 0) is 38.1 Å². The topological polar surface area (TPSA) is 93.5 Å². The number of hydrogen-bond acceptors (Lipinski definition) is 4. The van der Waals surface area contributed by atoms with Crippen molar-refractivity contribution >= 4 is 11.9 Å². The Bertz CT molecular complexity index is 756. The van der Waals surface area contributed by atoms with Crippen LogP contribution in [0.25, 0.3) is 5.69 Å². The standard InChI is InChI=1S/C17H20FN3O4/c1-11-15(9-16(22)19-7-8-25-10-17(23)24)12(2)21(20-11)14-5-3-13(18)4-6-14/h3-6H,7-10H2,1-2H3,(H,19,22)(H,23,24). The predicted molar refractivity (Wildman–Crippen MR) is 88.2 cm³/mol. The summed E-state index contributed by atoms with van der Waals surface area (Å²) in [4.78, 5) is 22.3. The largest absolute Gasteiger partial charge is 0.480 e. The molecule has 0 fully saturated rings. The van der Waals surface area contributed by atoms with E-state index in [0.29, 0.717) is 0 Å². The SMILES string of the molecule is Cc1nn(-c2ccc(F)cc2)c(C)c1CC(=O)NCCOCC(=O)O. The first kappa shape index (κ1) is 18.6. The average Bonchev–Trinajstić information content (AvgIpc) is 2.83. The summed E-state index contributed by atoms with van der Waals surface area (Å²) in [7, 11) is 0. The number of halogens is 1. The first-order valence-electron chi connectivity index (χ1n) is 7.75. The number of amides is 1. The van der Waals surface area contributed by atoms with Crippen LogP contribution in [0.4, 0.5) is 4.39 Å². The second-order valence-electron chi connectivity index (χ2n) is 5.51. The molecule has 0 saturated heterocycles. The zero-order valence-corrected chi connectivity index (χ0v) is 14.1. The Morgan fingerprint density at radius 1 is 1.28 bits per heavy atom. The molecule has 0 bridgehead atoms. The molecule has 25 heavy (non-hydrogen) atoms. The summed E-state index contributed by atoms with van der Waals surface area (Å²) in [5, 5.41) is 15.5. The molecule has 134 valence electrons. The van der Waals surface area contributed by atoms with Gasteiger partial charge < -0.3 is 15.2 Å². The molecular weight excluding hydrogens is 329 g/mol. The Morgan fingerprint density at radius 2 is 1.96 bits per heavy atom. The number of carboxylic acid groups (broad SMARTS) is 1. The molecule has 7 nitrogen and oxygen atoms in total. The van der Waals surface area contributed by atoms with Crippen LogP contribution in [-0.4, -0.2) is 46.5 Å². The van der Waals surface area contributed by atoms with E-state index in [2.05, 4.69) is 10.4 Å². The zero-order chi connectivity index (χ0) is 18.4. The first-order valence-corrected chi connectivity index (χ1v) is 7.75. The van der Waals surface area contributed by atoms with Crippen molar-refractivity contribution < 1.29 is 23.8 Å². The minimum absolute atomic E-state index is 0.130. The molecule has 0 spiro atoms. The van der Waals surface area contributed by atoms with Crippen LogP contribution >= 0.6 is 0 Å². The third-order valence-electron chi connectivity index (χ3n) is 3.64. The molecule has 2 rings (SSSR count). The lowest BCUT2D eigenvalue weighted by molar-refractivity contribution is -0.142. The molecule has 1 aromatic heterocycles. The number of ether oxygens (including phenoxy) is 1. The molecule has 0 saturated carbocycles. The van der Waals surface area contributed by atoms with Crippen molar-refractivity contribution in [3.63, 3.8) is 0 Å². The maximum atomic E-state index is 13.1. The van der Waals surface area contributed by atoms with E-state index in [1.54, 1.807) is 16.8 Å². The fourth-order valence-electron chi connectivity index (χ4n) is 2.41. The number of benzene rings is 1. The summed E-state index contributed by atoms with van der Waals surface area (Å²) in [6.45, 7) is 3.63. The number of carbonyl (C=O) groups is 2. The Morgan fingerprint density at radius 3 is 2.60 bits per heavy atom. The van der Waals surface area contributed by atoms with Gasteiger partial charge in [-0.25, -0.2) is 13.9 Å². The number of aryl methyl sites for hydroxylation is 1. The summed E-state index contributed by atoms with van der Waals surface area (Å²) < 4.78 is 19.6. The molecule has 8 heteroatoms. The van der Waals surface area contributed by atoms with Crippen molar-refractivity contribution in [3.8, 4) is 5.69 Å². The van der Waals surface area contributed by atoms with E-state index in [-0.39, 0.29) is 31.3 Å². The number of nitrogens with zero attached hydrogens (tertiary/aromatic N) is 2. The lowest BCUT2D eigenvalue weighted by atomic mass is 10.1. The van der Waals surface area contributed by atoms with E-state index in [4.69, 9.17) is 9.84 Å². The van der Waals surface area contributed by atoms with Gasteiger partial charge in [0.05, 0.1) is 24.4 Å². The van der Waals surface area contributed by atoms with E-state index in [1.807, 2.05) is 13.8 Å². The fourth-order valence-corrected chi connectivity index (χ4v) is 2.41. The van der Waals surface area contributed by atoms with Gasteiger partial charge in [-0.3, -0.25) is 4.79 Å². The van der Waals surface area contributed by atoms with Crippen LogP contribution in [-0.2, 0) is 20.7 Å². The van der Waals surface area contributed by atoms with E-state index < -0.39 is 12.6 Å². The van der Waals surface area contributed by atoms with Crippen LogP contribution in [0.1, 0.15) is 17.0 Å². The number of rotatable bonds is 8. The van der Waals surface area contributed by atoms with Crippen molar-refractivity contribution in [2.45, 2.75) is 20.3 Å². The molecular formula is C17H20FN3O4. The van der Waals surface area contributed by atoms with Gasteiger partial charge in [0.15, 0.2) is 0 Å². The monoisotopic (exact) mass is 349 g/mol. The van der Waals surface area contributed by atoms with E-state index in [1.165, 1.54) is 12.1 Å². The Balaban J connectivity index is 1.97. The van der Waals surface area contributed by atoms with Crippen LogP contribution < -0.4 is 5.32 Å². The van der Waals surface area contributed by atoms with Gasteiger partial charge in [0.25, 0.3) is 0 Å². The van der Waals surface area contributed by atoms with Crippen molar-refractivity contribution in [2.75, 3.05) is 19.8 Å². The summed E-state index contributed by atoms with van der Waals surface area (Å²) in [5.74, 6) is -1.58.